The molecule has 0 aliphatic heterocycles. The summed E-state index contributed by atoms with van der Waals surface area (Å²) in [7, 11) is 0. The van der Waals surface area contributed by atoms with Crippen molar-refractivity contribution in [2.45, 2.75) is 38.2 Å². The van der Waals surface area contributed by atoms with Gasteiger partial charge in [-0.15, -0.1) is 0 Å². The molecule has 0 saturated heterocycles. The van der Waals surface area contributed by atoms with Crippen LogP contribution in [0, 0.1) is 0 Å². The molecule has 1 aliphatic rings. The molecule has 3 nitrogen and oxygen atoms in total. The quantitative estimate of drug-likeness (QED) is 0.389. The molecule has 0 spiro atoms. The molecule has 0 heterocycles. The van der Waals surface area contributed by atoms with E-state index < -0.39 is 17.0 Å². The van der Waals surface area contributed by atoms with Gasteiger partial charge in [0.15, 0.2) is 0 Å². The van der Waals surface area contributed by atoms with E-state index in [1.807, 2.05) is 6.92 Å². The maximum atomic E-state index is 10.1. The fourth-order valence-electron chi connectivity index (χ4n) is 1.37. The largest absolute Gasteiger partial charge is 1.00 e. The first-order valence-electron chi connectivity index (χ1n) is 3.41. The molecule has 0 aromatic carbocycles. The van der Waals surface area contributed by atoms with Gasteiger partial charge in [-0.05, 0) is 19.8 Å². The molecule has 1 aliphatic carbocycles. The second-order valence-corrected chi connectivity index (χ2v) is 3.52. The van der Waals surface area contributed by atoms with Crippen LogP contribution >= 0.6 is 0 Å². The third kappa shape index (κ3) is 4.47. The summed E-state index contributed by atoms with van der Waals surface area (Å²) in [5.74, 6) is 0. The zero-order chi connectivity index (χ0) is 7.61. The van der Waals surface area contributed by atoms with E-state index in [9.17, 15) is 8.76 Å². The van der Waals surface area contributed by atoms with Crippen LogP contribution in [0.5, 0.6) is 0 Å². The van der Waals surface area contributed by atoms with Crippen molar-refractivity contribution < 1.29 is 64.3 Å². The second-order valence-electron chi connectivity index (χ2n) is 2.94. The van der Waals surface area contributed by atoms with Crippen molar-refractivity contribution in [2.75, 3.05) is 0 Å². The van der Waals surface area contributed by atoms with E-state index in [-0.39, 0.29) is 51.4 Å². The monoisotopic (exact) mass is 202 g/mol. The first kappa shape index (κ1) is 12.7. The summed E-state index contributed by atoms with van der Waals surface area (Å²) in [5.41, 5.74) is -0.396. The van der Waals surface area contributed by atoms with Gasteiger partial charge in [-0.1, -0.05) is 12.8 Å². The first-order valence-corrected chi connectivity index (χ1v) is 4.41. The van der Waals surface area contributed by atoms with E-state index in [0.717, 1.165) is 25.7 Å². The van der Waals surface area contributed by atoms with Crippen molar-refractivity contribution >= 4 is 11.4 Å². The van der Waals surface area contributed by atoms with Gasteiger partial charge in [0.25, 0.3) is 0 Å². The smallest absolute Gasteiger partial charge is 0.750 e. The van der Waals surface area contributed by atoms with Gasteiger partial charge in [-0.3, -0.25) is 4.18 Å². The Balaban J connectivity index is 0.000001000. The SMILES string of the molecule is CC1(OS(=O)[O-])CCCC1.[K+]. The zero-order valence-electron chi connectivity index (χ0n) is 6.96. The van der Waals surface area contributed by atoms with Crippen molar-refractivity contribution in [3.8, 4) is 0 Å². The number of hydrogen-bond donors (Lipinski definition) is 0. The maximum Gasteiger partial charge on any atom is 1.00 e. The summed E-state index contributed by atoms with van der Waals surface area (Å²) in [4.78, 5) is 0. The van der Waals surface area contributed by atoms with Gasteiger partial charge in [0.2, 0.25) is 0 Å². The van der Waals surface area contributed by atoms with Crippen molar-refractivity contribution in [2.24, 2.45) is 0 Å². The zero-order valence-corrected chi connectivity index (χ0v) is 10.9. The molecule has 0 amide bonds. The first-order chi connectivity index (χ1) is 4.62. The minimum Gasteiger partial charge on any atom is -0.750 e. The Labute approximate surface area is 112 Å². The fourth-order valence-corrected chi connectivity index (χ4v) is 1.87. The van der Waals surface area contributed by atoms with Crippen molar-refractivity contribution in [1.82, 2.24) is 0 Å². The summed E-state index contributed by atoms with van der Waals surface area (Å²) in [6.45, 7) is 1.84. The number of rotatable bonds is 2. The van der Waals surface area contributed by atoms with Gasteiger partial charge in [-0.2, -0.15) is 0 Å². The van der Waals surface area contributed by atoms with Crippen LogP contribution in [0.3, 0.4) is 0 Å². The third-order valence-corrected chi connectivity index (χ3v) is 2.47. The van der Waals surface area contributed by atoms with E-state index in [4.69, 9.17) is 4.18 Å². The molecule has 60 valence electrons. The van der Waals surface area contributed by atoms with Gasteiger partial charge in [0.05, 0.1) is 17.0 Å². The number of hydrogen-bond acceptors (Lipinski definition) is 3. The molecule has 1 unspecified atom stereocenters. The molecule has 0 N–H and O–H groups in total. The third-order valence-electron chi connectivity index (χ3n) is 1.93. The minimum absolute atomic E-state index is 0. The van der Waals surface area contributed by atoms with Crippen LogP contribution < -0.4 is 51.4 Å². The summed E-state index contributed by atoms with van der Waals surface area (Å²) in [6, 6.07) is 0. The maximum absolute atomic E-state index is 10.1. The average molecular weight is 202 g/mol. The van der Waals surface area contributed by atoms with Crippen molar-refractivity contribution in [1.29, 1.82) is 0 Å². The Morgan fingerprint density at radius 3 is 2.27 bits per heavy atom. The Morgan fingerprint density at radius 1 is 1.45 bits per heavy atom. The fraction of sp³-hybridized carbons (Fsp3) is 1.00. The molecule has 0 bridgehead atoms. The van der Waals surface area contributed by atoms with E-state index in [2.05, 4.69) is 0 Å². The molecule has 1 atom stereocenters. The summed E-state index contributed by atoms with van der Waals surface area (Å²) in [6.07, 6.45) is 3.88. The van der Waals surface area contributed by atoms with E-state index >= 15 is 0 Å². The molecule has 1 rings (SSSR count). The van der Waals surface area contributed by atoms with Crippen LogP contribution in [-0.4, -0.2) is 14.4 Å². The molecule has 11 heavy (non-hydrogen) atoms. The Morgan fingerprint density at radius 2 is 1.91 bits per heavy atom. The van der Waals surface area contributed by atoms with Crippen LogP contribution in [0.15, 0.2) is 0 Å². The van der Waals surface area contributed by atoms with E-state index in [1.165, 1.54) is 0 Å². The molecule has 5 heteroatoms. The molecular formula is C6H11KO3S. The van der Waals surface area contributed by atoms with Gasteiger partial charge in [-0.25, -0.2) is 4.21 Å². The van der Waals surface area contributed by atoms with Crippen LogP contribution in [-0.2, 0) is 15.5 Å². The Bertz CT molecular complexity index is 145. The van der Waals surface area contributed by atoms with Crippen LogP contribution in [0.25, 0.3) is 0 Å². The predicted molar refractivity (Wildman–Crippen MR) is 36.9 cm³/mol. The molecule has 0 aromatic heterocycles. The molecule has 1 fully saturated rings. The predicted octanol–water partition coefficient (Wildman–Crippen LogP) is -1.87. The Kier molecular flexibility index (Phi) is 6.28. The summed E-state index contributed by atoms with van der Waals surface area (Å²) < 4.78 is 25.0. The van der Waals surface area contributed by atoms with Gasteiger partial charge in [0.1, 0.15) is 0 Å². The normalized spacial score (nSPS) is 24.2. The van der Waals surface area contributed by atoms with Crippen LogP contribution in [0.1, 0.15) is 32.6 Å². The van der Waals surface area contributed by atoms with Gasteiger partial charge >= 0.3 is 51.4 Å². The topological polar surface area (TPSA) is 49.4 Å². The summed E-state index contributed by atoms with van der Waals surface area (Å²) >= 11 is -2.34. The molecule has 1 saturated carbocycles. The van der Waals surface area contributed by atoms with Crippen LogP contribution in [0.2, 0.25) is 0 Å². The summed E-state index contributed by atoms with van der Waals surface area (Å²) in [5, 5.41) is 0. The second kappa shape index (κ2) is 5.44. The molecular weight excluding hydrogens is 191 g/mol. The van der Waals surface area contributed by atoms with Crippen LogP contribution in [0.4, 0.5) is 0 Å². The molecule has 0 aromatic rings. The van der Waals surface area contributed by atoms with Crippen molar-refractivity contribution in [3.05, 3.63) is 0 Å². The van der Waals surface area contributed by atoms with Gasteiger partial charge in [0, 0.05) is 0 Å². The standard InChI is InChI=1S/C6H12O3S.K/c1-6(9-10(7)8)4-2-3-5-6;/h2-5H2,1H3,(H,7,8);/q;+1/p-1. The van der Waals surface area contributed by atoms with E-state index in [1.54, 1.807) is 0 Å². The van der Waals surface area contributed by atoms with Gasteiger partial charge < -0.3 is 4.55 Å². The minimum atomic E-state index is -2.34. The van der Waals surface area contributed by atoms with E-state index in [0.29, 0.717) is 0 Å². The molecule has 0 radical (unpaired) electrons. The average Bonchev–Trinajstić information content (AvgIpc) is 2.12. The van der Waals surface area contributed by atoms with Crippen molar-refractivity contribution in [3.63, 3.8) is 0 Å². The Hall–Kier alpha value is 1.71.